The zero-order valence-electron chi connectivity index (χ0n) is 6.09. The quantitative estimate of drug-likeness (QED) is 0.399. The fraction of sp³-hybridized carbons (Fsp3) is 0.111. The molecule has 0 aromatic heterocycles. The molecule has 0 aliphatic carbocycles. The summed E-state index contributed by atoms with van der Waals surface area (Å²) in [6.45, 7) is 1.90. The van der Waals surface area contributed by atoms with Crippen molar-refractivity contribution < 1.29 is 0 Å². The van der Waals surface area contributed by atoms with Crippen molar-refractivity contribution in [3.63, 3.8) is 0 Å². The van der Waals surface area contributed by atoms with Gasteiger partial charge >= 0.3 is 0 Å². The monoisotopic (exact) mass is 146 g/mol. The molecule has 0 N–H and O–H groups in total. The van der Waals surface area contributed by atoms with E-state index >= 15 is 0 Å². The van der Waals surface area contributed by atoms with Crippen LogP contribution < -0.4 is 5.19 Å². The molecule has 0 spiro atoms. The molecule has 0 atom stereocenters. The van der Waals surface area contributed by atoms with Gasteiger partial charge in [-0.15, -0.1) is 11.5 Å². The normalized spacial score (nSPS) is 9.30. The van der Waals surface area contributed by atoms with E-state index in [-0.39, 0.29) is 9.52 Å². The van der Waals surface area contributed by atoms with Crippen LogP contribution >= 0.6 is 0 Å². The molecule has 0 radical (unpaired) electrons. The lowest BCUT2D eigenvalue weighted by Gasteiger charge is -1.89. The summed E-state index contributed by atoms with van der Waals surface area (Å²) in [6, 6.07) is 10.5. The molecule has 0 nitrogen and oxygen atoms in total. The first-order valence-corrected chi connectivity index (χ1v) is 4.78. The Morgan fingerprint density at radius 3 is 2.50 bits per heavy atom. The minimum atomic E-state index is -0.273. The standard InChI is InChI=1S/C9H10Si/c1-2-8-10-9-6-4-3-5-7-9/h3-7H,10H2,1H3. The van der Waals surface area contributed by atoms with E-state index in [1.165, 1.54) is 5.19 Å². The average Bonchev–Trinajstić information content (AvgIpc) is 2.03. The van der Waals surface area contributed by atoms with E-state index in [1.54, 1.807) is 0 Å². The van der Waals surface area contributed by atoms with Gasteiger partial charge in [-0.05, 0) is 6.92 Å². The molecule has 0 aliphatic heterocycles. The first-order chi connectivity index (χ1) is 4.93. The second-order valence-electron chi connectivity index (χ2n) is 2.09. The van der Waals surface area contributed by atoms with Gasteiger partial charge in [-0.1, -0.05) is 35.5 Å². The molecule has 0 heterocycles. The lowest BCUT2D eigenvalue weighted by Crippen LogP contribution is -2.10. The van der Waals surface area contributed by atoms with Crippen LogP contribution in [0.1, 0.15) is 6.92 Å². The first-order valence-electron chi connectivity index (χ1n) is 3.37. The molecule has 1 heteroatoms. The maximum Gasteiger partial charge on any atom is 0.137 e. The number of benzene rings is 1. The van der Waals surface area contributed by atoms with Crippen LogP contribution in [-0.2, 0) is 0 Å². The lowest BCUT2D eigenvalue weighted by molar-refractivity contribution is 1.77. The average molecular weight is 146 g/mol. The van der Waals surface area contributed by atoms with Crippen molar-refractivity contribution in [2.75, 3.05) is 0 Å². The fourth-order valence-corrected chi connectivity index (χ4v) is 1.68. The lowest BCUT2D eigenvalue weighted by atomic mass is 10.4. The molecule has 1 rings (SSSR count). The molecular formula is C9H10Si. The van der Waals surface area contributed by atoms with E-state index < -0.39 is 0 Å². The van der Waals surface area contributed by atoms with E-state index in [9.17, 15) is 0 Å². The largest absolute Gasteiger partial charge is 0.137 e. The Hall–Kier alpha value is -1.00. The maximum absolute atomic E-state index is 3.15. The Bertz CT molecular complexity index is 240. The van der Waals surface area contributed by atoms with E-state index in [0.717, 1.165) is 0 Å². The van der Waals surface area contributed by atoms with Crippen LogP contribution in [0.25, 0.3) is 0 Å². The van der Waals surface area contributed by atoms with Crippen LogP contribution in [0.2, 0.25) is 0 Å². The van der Waals surface area contributed by atoms with Crippen molar-refractivity contribution >= 4 is 14.7 Å². The highest BCUT2D eigenvalue weighted by Gasteiger charge is 1.84. The van der Waals surface area contributed by atoms with Crippen LogP contribution in [0.4, 0.5) is 0 Å². The Kier molecular flexibility index (Phi) is 2.78. The molecule has 0 unspecified atom stereocenters. The van der Waals surface area contributed by atoms with Crippen molar-refractivity contribution in [3.05, 3.63) is 30.3 Å². The summed E-state index contributed by atoms with van der Waals surface area (Å²) in [5.74, 6) is 2.93. The maximum atomic E-state index is 3.15. The van der Waals surface area contributed by atoms with Gasteiger partial charge in [0.15, 0.2) is 0 Å². The molecule has 1 aromatic rings. The molecule has 50 valence electrons. The van der Waals surface area contributed by atoms with E-state index in [0.29, 0.717) is 0 Å². The molecule has 0 fully saturated rings. The molecule has 0 aliphatic rings. The predicted octanol–water partition coefficient (Wildman–Crippen LogP) is 0.461. The molecule has 10 heavy (non-hydrogen) atoms. The van der Waals surface area contributed by atoms with Crippen molar-refractivity contribution in [2.45, 2.75) is 6.92 Å². The Morgan fingerprint density at radius 2 is 1.90 bits per heavy atom. The van der Waals surface area contributed by atoms with E-state index in [1.807, 2.05) is 13.0 Å². The summed E-state index contributed by atoms with van der Waals surface area (Å²) in [6.07, 6.45) is 0. The summed E-state index contributed by atoms with van der Waals surface area (Å²) in [4.78, 5) is 0. The van der Waals surface area contributed by atoms with Gasteiger partial charge in [-0.25, -0.2) is 0 Å². The molecule has 0 amide bonds. The SMILES string of the molecule is CC#C[SiH2]c1ccccc1. The first kappa shape index (κ1) is 7.11. The Balaban J connectivity index is 2.64. The van der Waals surface area contributed by atoms with Crippen LogP contribution in [0.5, 0.6) is 0 Å². The van der Waals surface area contributed by atoms with Gasteiger partial charge in [0.2, 0.25) is 0 Å². The Morgan fingerprint density at radius 1 is 1.20 bits per heavy atom. The zero-order valence-corrected chi connectivity index (χ0v) is 7.51. The minimum Gasteiger partial charge on any atom is -0.134 e. The summed E-state index contributed by atoms with van der Waals surface area (Å²) in [5.41, 5.74) is 3.15. The summed E-state index contributed by atoms with van der Waals surface area (Å²) >= 11 is 0. The van der Waals surface area contributed by atoms with Crippen molar-refractivity contribution in [1.29, 1.82) is 0 Å². The van der Waals surface area contributed by atoms with Crippen molar-refractivity contribution in [3.8, 4) is 11.5 Å². The highest BCUT2D eigenvalue weighted by Crippen LogP contribution is 1.79. The van der Waals surface area contributed by atoms with Gasteiger partial charge in [0.1, 0.15) is 9.52 Å². The van der Waals surface area contributed by atoms with Crippen LogP contribution in [-0.4, -0.2) is 9.52 Å². The smallest absolute Gasteiger partial charge is 0.134 e. The van der Waals surface area contributed by atoms with Gasteiger partial charge < -0.3 is 0 Å². The van der Waals surface area contributed by atoms with E-state index in [4.69, 9.17) is 0 Å². The third-order valence-electron chi connectivity index (χ3n) is 1.31. The third kappa shape index (κ3) is 2.08. The highest BCUT2D eigenvalue weighted by atomic mass is 28.2. The molecule has 0 saturated heterocycles. The van der Waals surface area contributed by atoms with Crippen molar-refractivity contribution in [2.24, 2.45) is 0 Å². The van der Waals surface area contributed by atoms with Crippen LogP contribution in [0, 0.1) is 11.5 Å². The van der Waals surface area contributed by atoms with Crippen LogP contribution in [0.3, 0.4) is 0 Å². The molecule has 0 saturated carbocycles. The van der Waals surface area contributed by atoms with Gasteiger partial charge in [0.25, 0.3) is 0 Å². The summed E-state index contributed by atoms with van der Waals surface area (Å²) in [7, 11) is -0.273. The fourth-order valence-electron chi connectivity index (χ4n) is 0.786. The number of rotatable bonds is 1. The second-order valence-corrected chi connectivity index (χ2v) is 3.61. The topological polar surface area (TPSA) is 0 Å². The Labute approximate surface area is 64.1 Å². The van der Waals surface area contributed by atoms with Gasteiger partial charge in [0.05, 0.1) is 0 Å². The van der Waals surface area contributed by atoms with Crippen LogP contribution in [0.15, 0.2) is 30.3 Å². The van der Waals surface area contributed by atoms with Gasteiger partial charge in [0, 0.05) is 0 Å². The zero-order chi connectivity index (χ0) is 7.23. The molecule has 0 bridgehead atoms. The van der Waals surface area contributed by atoms with E-state index in [2.05, 4.69) is 35.7 Å². The number of hydrogen-bond acceptors (Lipinski definition) is 0. The highest BCUT2D eigenvalue weighted by molar-refractivity contribution is 6.61. The molecule has 1 aromatic carbocycles. The number of hydrogen-bond donors (Lipinski definition) is 0. The summed E-state index contributed by atoms with van der Waals surface area (Å²) < 4.78 is 0. The minimum absolute atomic E-state index is 0.273. The summed E-state index contributed by atoms with van der Waals surface area (Å²) in [5, 5.41) is 1.43. The second kappa shape index (κ2) is 3.92. The predicted molar refractivity (Wildman–Crippen MR) is 48.1 cm³/mol. The molecular weight excluding hydrogens is 136 g/mol. The van der Waals surface area contributed by atoms with Gasteiger partial charge in [-0.2, -0.15) is 0 Å². The van der Waals surface area contributed by atoms with Crippen molar-refractivity contribution in [1.82, 2.24) is 0 Å². The third-order valence-corrected chi connectivity index (χ3v) is 2.72. The van der Waals surface area contributed by atoms with Gasteiger partial charge in [-0.3, -0.25) is 0 Å².